The van der Waals surface area contributed by atoms with Crippen LogP contribution in [0.4, 0.5) is 18.9 Å². The van der Waals surface area contributed by atoms with Crippen molar-refractivity contribution in [2.75, 3.05) is 26.0 Å². The number of nitrogens with zero attached hydrogens (tertiary/aromatic N) is 1. The monoisotopic (exact) mass is 274 g/mol. The first kappa shape index (κ1) is 15.8. The molecule has 0 saturated carbocycles. The number of halogens is 3. The SMILES string of the molecule is CNC(CCc1ccc(N(C)C)cc1)CC(F)(F)F. The fraction of sp³-hybridized carbons (Fsp3) is 0.571. The van der Waals surface area contributed by atoms with E-state index in [2.05, 4.69) is 5.32 Å². The molecule has 0 aromatic heterocycles. The van der Waals surface area contributed by atoms with Crippen molar-refractivity contribution in [2.45, 2.75) is 31.5 Å². The summed E-state index contributed by atoms with van der Waals surface area (Å²) in [5.74, 6) is 0. The van der Waals surface area contributed by atoms with E-state index in [1.54, 1.807) is 7.05 Å². The minimum Gasteiger partial charge on any atom is -0.378 e. The summed E-state index contributed by atoms with van der Waals surface area (Å²) in [6, 6.07) is 7.38. The number of alkyl halides is 3. The highest BCUT2D eigenvalue weighted by Crippen LogP contribution is 2.23. The molecule has 1 rings (SSSR count). The molecule has 2 nitrogen and oxygen atoms in total. The highest BCUT2D eigenvalue weighted by molar-refractivity contribution is 5.45. The molecule has 1 aromatic carbocycles. The number of rotatable bonds is 6. The molecule has 108 valence electrons. The van der Waals surface area contributed by atoms with E-state index in [1.165, 1.54) is 0 Å². The molecule has 0 aliphatic rings. The zero-order valence-electron chi connectivity index (χ0n) is 11.6. The van der Waals surface area contributed by atoms with Crippen LogP contribution < -0.4 is 10.2 Å². The number of aryl methyl sites for hydroxylation is 1. The second-order valence-electron chi connectivity index (χ2n) is 4.90. The predicted octanol–water partition coefficient (Wildman–Crippen LogP) is 3.23. The van der Waals surface area contributed by atoms with Gasteiger partial charge in [-0.2, -0.15) is 13.2 Å². The number of benzene rings is 1. The molecule has 0 bridgehead atoms. The fourth-order valence-electron chi connectivity index (χ4n) is 1.93. The highest BCUT2D eigenvalue weighted by atomic mass is 19.4. The molecule has 19 heavy (non-hydrogen) atoms. The van der Waals surface area contributed by atoms with Gasteiger partial charge in [0.2, 0.25) is 0 Å². The maximum Gasteiger partial charge on any atom is 0.390 e. The van der Waals surface area contributed by atoms with Crippen LogP contribution in [0, 0.1) is 0 Å². The minimum absolute atomic E-state index is 0.483. The van der Waals surface area contributed by atoms with E-state index >= 15 is 0 Å². The first-order chi connectivity index (χ1) is 8.81. The summed E-state index contributed by atoms with van der Waals surface area (Å²) < 4.78 is 36.9. The van der Waals surface area contributed by atoms with E-state index < -0.39 is 18.6 Å². The zero-order valence-corrected chi connectivity index (χ0v) is 11.6. The Balaban J connectivity index is 2.50. The third-order valence-electron chi connectivity index (χ3n) is 3.12. The van der Waals surface area contributed by atoms with Gasteiger partial charge in [0.1, 0.15) is 0 Å². The van der Waals surface area contributed by atoms with Crippen molar-refractivity contribution in [2.24, 2.45) is 0 Å². The highest BCUT2D eigenvalue weighted by Gasteiger charge is 2.30. The van der Waals surface area contributed by atoms with Crippen LogP contribution in [0.3, 0.4) is 0 Å². The number of nitrogens with one attached hydrogen (secondary N) is 1. The van der Waals surface area contributed by atoms with Gasteiger partial charge in [0.05, 0.1) is 6.42 Å². The van der Waals surface area contributed by atoms with Crippen molar-refractivity contribution < 1.29 is 13.2 Å². The maximum absolute atomic E-state index is 12.3. The Bertz CT molecular complexity index is 371. The van der Waals surface area contributed by atoms with Crippen LogP contribution >= 0.6 is 0 Å². The van der Waals surface area contributed by atoms with Gasteiger partial charge in [-0.1, -0.05) is 12.1 Å². The Morgan fingerprint density at radius 2 is 1.74 bits per heavy atom. The van der Waals surface area contributed by atoms with Crippen molar-refractivity contribution >= 4 is 5.69 Å². The quantitative estimate of drug-likeness (QED) is 0.857. The van der Waals surface area contributed by atoms with Crippen LogP contribution in [0.25, 0.3) is 0 Å². The summed E-state index contributed by atoms with van der Waals surface area (Å²) in [5.41, 5.74) is 2.15. The summed E-state index contributed by atoms with van der Waals surface area (Å²) in [5, 5.41) is 2.73. The van der Waals surface area contributed by atoms with Crippen LogP contribution in [0.15, 0.2) is 24.3 Å². The first-order valence-corrected chi connectivity index (χ1v) is 6.32. The summed E-state index contributed by atoms with van der Waals surface area (Å²) in [7, 11) is 5.48. The van der Waals surface area contributed by atoms with Crippen molar-refractivity contribution in [1.29, 1.82) is 0 Å². The van der Waals surface area contributed by atoms with Gasteiger partial charge >= 0.3 is 6.18 Å². The second kappa shape index (κ2) is 6.80. The van der Waals surface area contributed by atoms with Gasteiger partial charge in [0.25, 0.3) is 0 Å². The Kier molecular flexibility index (Phi) is 5.66. The van der Waals surface area contributed by atoms with Crippen LogP contribution in [-0.2, 0) is 6.42 Å². The van der Waals surface area contributed by atoms with Crippen molar-refractivity contribution in [3.8, 4) is 0 Å². The van der Waals surface area contributed by atoms with Crippen LogP contribution in [-0.4, -0.2) is 33.4 Å². The van der Waals surface area contributed by atoms with Gasteiger partial charge in [-0.15, -0.1) is 0 Å². The predicted molar refractivity (Wildman–Crippen MR) is 72.6 cm³/mol. The first-order valence-electron chi connectivity index (χ1n) is 6.32. The van der Waals surface area contributed by atoms with Crippen LogP contribution in [0.2, 0.25) is 0 Å². The smallest absolute Gasteiger partial charge is 0.378 e. The fourth-order valence-corrected chi connectivity index (χ4v) is 1.93. The molecule has 0 fully saturated rings. The van der Waals surface area contributed by atoms with Gasteiger partial charge in [-0.25, -0.2) is 0 Å². The Hall–Kier alpha value is -1.23. The lowest BCUT2D eigenvalue weighted by molar-refractivity contribution is -0.140. The molecule has 0 heterocycles. The third kappa shape index (κ3) is 5.96. The summed E-state index contributed by atoms with van der Waals surface area (Å²) in [4.78, 5) is 1.99. The number of hydrogen-bond donors (Lipinski definition) is 1. The van der Waals surface area contributed by atoms with Gasteiger partial charge in [-0.3, -0.25) is 0 Å². The van der Waals surface area contributed by atoms with Gasteiger partial charge < -0.3 is 10.2 Å². The Labute approximate surface area is 112 Å². The van der Waals surface area contributed by atoms with Gasteiger partial charge in [-0.05, 0) is 37.6 Å². The van der Waals surface area contributed by atoms with E-state index in [0.717, 1.165) is 11.3 Å². The molecule has 1 unspecified atom stereocenters. The van der Waals surface area contributed by atoms with Crippen molar-refractivity contribution in [1.82, 2.24) is 5.32 Å². The minimum atomic E-state index is -4.11. The number of anilines is 1. The summed E-state index contributed by atoms with van der Waals surface area (Å²) in [6.45, 7) is 0. The molecule has 1 atom stereocenters. The summed E-state index contributed by atoms with van der Waals surface area (Å²) >= 11 is 0. The Morgan fingerprint density at radius 3 is 2.16 bits per heavy atom. The molecule has 0 spiro atoms. The van der Waals surface area contributed by atoms with E-state index in [0.29, 0.717) is 12.8 Å². The van der Waals surface area contributed by atoms with Gasteiger partial charge in [0, 0.05) is 25.8 Å². The lowest BCUT2D eigenvalue weighted by Gasteiger charge is -2.18. The normalized spacial score (nSPS) is 13.4. The molecule has 1 N–H and O–H groups in total. The molecular weight excluding hydrogens is 253 g/mol. The molecule has 0 amide bonds. The lowest BCUT2D eigenvalue weighted by Crippen LogP contribution is -2.31. The van der Waals surface area contributed by atoms with E-state index in [4.69, 9.17) is 0 Å². The average Bonchev–Trinajstić information content (AvgIpc) is 2.33. The summed E-state index contributed by atoms with van der Waals surface area (Å²) in [6.07, 6.45) is -3.76. The molecule has 5 heteroatoms. The van der Waals surface area contributed by atoms with Gasteiger partial charge in [0.15, 0.2) is 0 Å². The van der Waals surface area contributed by atoms with Crippen molar-refractivity contribution in [3.63, 3.8) is 0 Å². The number of hydrogen-bond acceptors (Lipinski definition) is 2. The largest absolute Gasteiger partial charge is 0.390 e. The standard InChI is InChI=1S/C14H21F3N2/c1-18-12(10-14(15,16)17)7-4-11-5-8-13(9-6-11)19(2)3/h5-6,8-9,12,18H,4,7,10H2,1-3H3. The third-order valence-corrected chi connectivity index (χ3v) is 3.12. The molecule has 0 saturated heterocycles. The van der Waals surface area contributed by atoms with E-state index in [9.17, 15) is 13.2 Å². The average molecular weight is 274 g/mol. The Morgan fingerprint density at radius 1 is 1.16 bits per heavy atom. The molecule has 1 aromatic rings. The zero-order chi connectivity index (χ0) is 14.5. The van der Waals surface area contributed by atoms with E-state index in [1.807, 2.05) is 43.3 Å². The topological polar surface area (TPSA) is 15.3 Å². The van der Waals surface area contributed by atoms with E-state index in [-0.39, 0.29) is 0 Å². The molecule has 0 aliphatic heterocycles. The van der Waals surface area contributed by atoms with Crippen molar-refractivity contribution in [3.05, 3.63) is 29.8 Å². The second-order valence-corrected chi connectivity index (χ2v) is 4.90. The lowest BCUT2D eigenvalue weighted by atomic mass is 10.0. The van der Waals surface area contributed by atoms with Crippen LogP contribution in [0.1, 0.15) is 18.4 Å². The maximum atomic E-state index is 12.3. The molecule has 0 aliphatic carbocycles. The molecule has 0 radical (unpaired) electrons. The van der Waals surface area contributed by atoms with Crippen LogP contribution in [0.5, 0.6) is 0 Å². The molecular formula is C14H21F3N2.